The van der Waals surface area contributed by atoms with Crippen molar-refractivity contribution < 1.29 is 9.53 Å². The molecule has 3 heteroatoms. The van der Waals surface area contributed by atoms with Gasteiger partial charge in [-0.2, -0.15) is 0 Å². The molecule has 120 valence electrons. The van der Waals surface area contributed by atoms with E-state index in [1.165, 1.54) is 14.4 Å². The quantitative estimate of drug-likeness (QED) is 0.350. The summed E-state index contributed by atoms with van der Waals surface area (Å²) in [5.41, 5.74) is 1.10. The van der Waals surface area contributed by atoms with Crippen molar-refractivity contribution in [1.82, 2.24) is 0 Å². The van der Waals surface area contributed by atoms with Crippen molar-refractivity contribution in [2.75, 3.05) is 6.61 Å². The zero-order valence-corrected chi connectivity index (χ0v) is 15.8. The topological polar surface area (TPSA) is 26.3 Å². The maximum absolute atomic E-state index is 12.0. The van der Waals surface area contributed by atoms with E-state index in [0.29, 0.717) is 6.61 Å². The van der Waals surface area contributed by atoms with Crippen LogP contribution in [-0.4, -0.2) is 33.5 Å². The van der Waals surface area contributed by atoms with Crippen LogP contribution >= 0.6 is 0 Å². The van der Waals surface area contributed by atoms with Crippen LogP contribution in [0.5, 0.6) is 0 Å². The minimum absolute atomic E-state index is 0.262. The van der Waals surface area contributed by atoms with Gasteiger partial charge in [-0.15, -0.1) is 0 Å². The molecule has 0 aromatic heterocycles. The Hall–Kier alpha value is -2.08. The van der Waals surface area contributed by atoms with E-state index < -0.39 is 20.9 Å². The van der Waals surface area contributed by atoms with Crippen LogP contribution < -0.4 is 3.61 Å². The van der Waals surface area contributed by atoms with Crippen molar-refractivity contribution >= 4 is 44.9 Å². The number of hydrogen-bond acceptors (Lipinski definition) is 2. The van der Waals surface area contributed by atoms with Crippen LogP contribution in [0.2, 0.25) is 0 Å². The Morgan fingerprint density at radius 1 is 0.958 bits per heavy atom. The molecule has 0 bridgehead atoms. The summed E-state index contributed by atoms with van der Waals surface area (Å²) in [4.78, 5) is 12.0. The van der Waals surface area contributed by atoms with Crippen LogP contribution in [0.1, 0.15) is 12.5 Å². The number of hydrogen-bond donors (Lipinski definition) is 0. The van der Waals surface area contributed by atoms with Crippen LogP contribution in [0.3, 0.4) is 0 Å². The Kier molecular flexibility index (Phi) is 5.69. The third-order valence-electron chi connectivity index (χ3n) is 3.56. The number of ether oxygens (including phenoxy) is 1. The van der Waals surface area contributed by atoms with Gasteiger partial charge >= 0.3 is 152 Å². The van der Waals surface area contributed by atoms with E-state index >= 15 is 0 Å². The summed E-state index contributed by atoms with van der Waals surface area (Å²) in [6.07, 6.45) is 1.67. The number of benzene rings is 3. The average molecular weight is 430 g/mol. The van der Waals surface area contributed by atoms with Crippen LogP contribution in [0.15, 0.2) is 78.9 Å². The molecule has 0 unspecified atom stereocenters. The Morgan fingerprint density at radius 3 is 2.46 bits per heavy atom. The molecule has 0 aliphatic carbocycles. The van der Waals surface area contributed by atoms with Crippen LogP contribution in [0.25, 0.3) is 14.4 Å². The van der Waals surface area contributed by atoms with Gasteiger partial charge in [-0.3, -0.25) is 0 Å². The summed E-state index contributed by atoms with van der Waals surface area (Å²) in [7, 11) is 0. The first-order valence-electron chi connectivity index (χ1n) is 7.87. The van der Waals surface area contributed by atoms with E-state index in [9.17, 15) is 4.79 Å². The molecule has 3 rings (SSSR count). The molecule has 0 saturated carbocycles. The van der Waals surface area contributed by atoms with Gasteiger partial charge in [0.05, 0.1) is 0 Å². The summed E-state index contributed by atoms with van der Waals surface area (Å²) in [6.45, 7) is 2.22. The Bertz CT molecular complexity index is 864. The van der Waals surface area contributed by atoms with Gasteiger partial charge in [0.1, 0.15) is 0 Å². The van der Waals surface area contributed by atoms with Gasteiger partial charge in [-0.05, 0) is 0 Å². The Labute approximate surface area is 152 Å². The molecule has 0 fully saturated rings. The van der Waals surface area contributed by atoms with Crippen molar-refractivity contribution in [2.45, 2.75) is 6.92 Å². The number of fused-ring (bicyclic) bond motifs is 1. The van der Waals surface area contributed by atoms with Gasteiger partial charge in [0.2, 0.25) is 0 Å². The molecule has 0 N–H and O–H groups in total. The second kappa shape index (κ2) is 8.15. The first kappa shape index (κ1) is 16.8. The van der Waals surface area contributed by atoms with Crippen molar-refractivity contribution in [3.63, 3.8) is 0 Å². The van der Waals surface area contributed by atoms with Gasteiger partial charge in [-0.1, -0.05) is 0 Å². The number of carbonyl (C=O) groups is 1. The summed E-state index contributed by atoms with van der Waals surface area (Å²) in [5.74, 6) is -0.262. The predicted molar refractivity (Wildman–Crippen MR) is 100 cm³/mol. The monoisotopic (exact) mass is 432 g/mol. The van der Waals surface area contributed by atoms with E-state index in [2.05, 4.69) is 54.6 Å². The number of carbonyl (C=O) groups excluding carboxylic acids is 1. The molecule has 0 aliphatic heterocycles. The standard InChI is InChI=1S/C21H18O2Te/c1-2-23-21(22)15-20(17-10-4-3-5-11-17)24-19-14-8-12-16-9-6-7-13-18(16)19/h3-15H,2H2,1H3/b20-15-. The summed E-state index contributed by atoms with van der Waals surface area (Å²) in [5, 5.41) is 2.51. The molecular formula is C21H18O2Te. The molecule has 0 saturated heterocycles. The fourth-order valence-corrected chi connectivity index (χ4v) is 5.57. The number of rotatable bonds is 5. The van der Waals surface area contributed by atoms with Crippen LogP contribution in [-0.2, 0) is 9.53 Å². The second-order valence-electron chi connectivity index (χ2n) is 5.21. The average Bonchev–Trinajstić information content (AvgIpc) is 2.62. The molecule has 0 aliphatic rings. The van der Waals surface area contributed by atoms with Gasteiger partial charge in [0.15, 0.2) is 0 Å². The molecule has 0 atom stereocenters. The van der Waals surface area contributed by atoms with E-state index in [1.807, 2.05) is 25.1 Å². The van der Waals surface area contributed by atoms with Gasteiger partial charge in [0, 0.05) is 0 Å². The second-order valence-corrected chi connectivity index (χ2v) is 8.30. The van der Waals surface area contributed by atoms with E-state index in [0.717, 1.165) is 9.18 Å². The summed E-state index contributed by atoms with van der Waals surface area (Å²) >= 11 is -0.721. The molecule has 2 nitrogen and oxygen atoms in total. The first-order chi connectivity index (χ1) is 11.8. The SMILES string of the molecule is CCOC(=O)/C=C(\[Te]c1cccc2ccccc12)c1ccccc1. The maximum atomic E-state index is 12.0. The van der Waals surface area contributed by atoms with Crippen LogP contribution in [0, 0.1) is 0 Å². The molecule has 3 aromatic rings. The minimum atomic E-state index is -0.721. The Balaban J connectivity index is 2.01. The summed E-state index contributed by atoms with van der Waals surface area (Å²) < 4.78 is 7.55. The normalized spacial score (nSPS) is 11.5. The zero-order valence-electron chi connectivity index (χ0n) is 13.4. The molecule has 0 amide bonds. The molecule has 3 aromatic carbocycles. The van der Waals surface area contributed by atoms with Crippen molar-refractivity contribution in [3.05, 3.63) is 84.4 Å². The van der Waals surface area contributed by atoms with Crippen molar-refractivity contribution in [2.24, 2.45) is 0 Å². The molecule has 0 heterocycles. The zero-order chi connectivity index (χ0) is 16.8. The summed E-state index contributed by atoms with van der Waals surface area (Å²) in [6, 6.07) is 24.9. The Morgan fingerprint density at radius 2 is 1.67 bits per heavy atom. The third-order valence-corrected chi connectivity index (χ3v) is 6.84. The van der Waals surface area contributed by atoms with Gasteiger partial charge in [-0.25, -0.2) is 0 Å². The molecule has 24 heavy (non-hydrogen) atoms. The van der Waals surface area contributed by atoms with Gasteiger partial charge < -0.3 is 0 Å². The predicted octanol–water partition coefficient (Wildman–Crippen LogP) is 3.77. The first-order valence-corrected chi connectivity index (χ1v) is 10.2. The van der Waals surface area contributed by atoms with Gasteiger partial charge in [0.25, 0.3) is 0 Å². The van der Waals surface area contributed by atoms with E-state index in [-0.39, 0.29) is 5.97 Å². The number of esters is 1. The fraction of sp³-hybridized carbons (Fsp3) is 0.0952. The van der Waals surface area contributed by atoms with Crippen molar-refractivity contribution in [1.29, 1.82) is 0 Å². The van der Waals surface area contributed by atoms with E-state index in [4.69, 9.17) is 4.74 Å². The molecule has 0 spiro atoms. The van der Waals surface area contributed by atoms with E-state index in [1.54, 1.807) is 6.08 Å². The van der Waals surface area contributed by atoms with Crippen LogP contribution in [0.4, 0.5) is 0 Å². The third kappa shape index (κ3) is 4.06. The molecule has 0 radical (unpaired) electrons. The fourth-order valence-electron chi connectivity index (χ4n) is 2.47. The molecular weight excluding hydrogens is 412 g/mol. The van der Waals surface area contributed by atoms with Crippen molar-refractivity contribution in [3.8, 4) is 0 Å².